The van der Waals surface area contributed by atoms with Gasteiger partial charge in [-0.25, -0.2) is 9.97 Å². The number of nitrogens with zero attached hydrogens (tertiary/aromatic N) is 5. The number of aromatic amines is 1. The average molecular weight is 368 g/mol. The fraction of sp³-hybridized carbons (Fsp3) is 0.650. The molecule has 0 atom stereocenters. The summed E-state index contributed by atoms with van der Waals surface area (Å²) >= 11 is 0. The number of aryl methyl sites for hydroxylation is 1. The van der Waals surface area contributed by atoms with Gasteiger partial charge >= 0.3 is 0 Å². The Morgan fingerprint density at radius 3 is 2.74 bits per heavy atom. The van der Waals surface area contributed by atoms with Crippen molar-refractivity contribution in [2.24, 2.45) is 13.0 Å². The summed E-state index contributed by atoms with van der Waals surface area (Å²) in [6, 6.07) is 0. The van der Waals surface area contributed by atoms with Gasteiger partial charge in [0.25, 0.3) is 0 Å². The lowest BCUT2D eigenvalue weighted by Crippen LogP contribution is -2.59. The van der Waals surface area contributed by atoms with Crippen molar-refractivity contribution in [1.29, 1.82) is 0 Å². The highest BCUT2D eigenvalue weighted by Crippen LogP contribution is 2.44. The van der Waals surface area contributed by atoms with Gasteiger partial charge in [0.15, 0.2) is 0 Å². The van der Waals surface area contributed by atoms with Crippen LogP contribution in [0, 0.1) is 5.92 Å². The van der Waals surface area contributed by atoms with Crippen molar-refractivity contribution in [1.82, 2.24) is 29.3 Å². The molecule has 1 amide bonds. The lowest BCUT2D eigenvalue weighted by molar-refractivity contribution is -0.149. The van der Waals surface area contributed by atoms with E-state index in [4.69, 9.17) is 4.98 Å². The number of carbonyl (C=O) groups excluding carboxylic acids is 1. The Balaban J connectivity index is 1.38. The van der Waals surface area contributed by atoms with Crippen LogP contribution in [0.4, 0.5) is 0 Å². The van der Waals surface area contributed by atoms with Crippen LogP contribution < -0.4 is 0 Å². The molecule has 2 fully saturated rings. The number of hydrogen-bond acceptors (Lipinski definition) is 4. The Labute approximate surface area is 159 Å². The average Bonchev–Trinajstić information content (AvgIpc) is 3.25. The zero-order valence-electron chi connectivity index (χ0n) is 16.0. The number of rotatable bonds is 3. The first-order valence-electron chi connectivity index (χ1n) is 10.2. The van der Waals surface area contributed by atoms with Gasteiger partial charge < -0.3 is 14.5 Å². The number of hydrogen-bond donors (Lipinski definition) is 1. The van der Waals surface area contributed by atoms with Crippen LogP contribution in [0.2, 0.25) is 0 Å². The molecular weight excluding hydrogens is 340 g/mol. The number of likely N-dealkylation sites (tertiary alicyclic amines) is 1. The highest BCUT2D eigenvalue weighted by atomic mass is 16.2. The van der Waals surface area contributed by atoms with E-state index in [1.165, 1.54) is 12.1 Å². The molecule has 2 aromatic rings. The number of imidazole rings is 2. The van der Waals surface area contributed by atoms with Crippen molar-refractivity contribution in [2.45, 2.75) is 50.6 Å². The van der Waals surface area contributed by atoms with Crippen molar-refractivity contribution in [2.75, 3.05) is 19.6 Å². The standard InChI is InChI=1S/C20H28N6O/c1-24-12-8-21-17(24)13-25-10-6-20(7-11-25)18-16(22-14-23-18)5-9-26(20)19(27)15-3-2-4-15/h8,12,14-15H,2-7,9-11,13H2,1H3,(H,22,23). The monoisotopic (exact) mass is 368 g/mol. The van der Waals surface area contributed by atoms with E-state index in [0.29, 0.717) is 5.91 Å². The van der Waals surface area contributed by atoms with Crippen LogP contribution in [-0.4, -0.2) is 54.9 Å². The smallest absolute Gasteiger partial charge is 0.226 e. The molecule has 3 aliphatic rings. The third-order valence-electron chi connectivity index (χ3n) is 6.95. The number of carbonyl (C=O) groups is 1. The summed E-state index contributed by atoms with van der Waals surface area (Å²) in [4.78, 5) is 30.4. The summed E-state index contributed by atoms with van der Waals surface area (Å²) in [5.41, 5.74) is 2.13. The number of fused-ring (bicyclic) bond motifs is 2. The van der Waals surface area contributed by atoms with Gasteiger partial charge in [0.2, 0.25) is 5.91 Å². The summed E-state index contributed by atoms with van der Waals surface area (Å²) in [6.45, 7) is 3.62. The van der Waals surface area contributed by atoms with E-state index in [0.717, 1.165) is 69.8 Å². The molecule has 0 aromatic carbocycles. The Hall–Kier alpha value is -2.15. The summed E-state index contributed by atoms with van der Waals surface area (Å²) in [7, 11) is 2.05. The van der Waals surface area contributed by atoms with E-state index in [1.807, 2.05) is 25.8 Å². The van der Waals surface area contributed by atoms with Gasteiger partial charge in [-0.2, -0.15) is 0 Å². The van der Waals surface area contributed by atoms with E-state index in [-0.39, 0.29) is 11.5 Å². The van der Waals surface area contributed by atoms with Crippen LogP contribution in [-0.2, 0) is 30.3 Å². The molecule has 0 radical (unpaired) electrons. The van der Waals surface area contributed by atoms with E-state index in [9.17, 15) is 4.79 Å². The molecule has 2 aliphatic heterocycles. The topological polar surface area (TPSA) is 70.1 Å². The van der Waals surface area contributed by atoms with Gasteiger partial charge in [-0.15, -0.1) is 0 Å². The van der Waals surface area contributed by atoms with Gasteiger partial charge in [0, 0.05) is 57.1 Å². The Kier molecular flexibility index (Phi) is 4.07. The normalized spacial score (nSPS) is 22.6. The lowest BCUT2D eigenvalue weighted by Gasteiger charge is -2.51. The molecule has 1 saturated heterocycles. The second kappa shape index (κ2) is 6.48. The first kappa shape index (κ1) is 17.0. The van der Waals surface area contributed by atoms with E-state index in [2.05, 4.69) is 24.3 Å². The molecule has 2 aromatic heterocycles. The summed E-state index contributed by atoms with van der Waals surface area (Å²) < 4.78 is 2.09. The van der Waals surface area contributed by atoms with Crippen LogP contribution in [0.3, 0.4) is 0 Å². The second-order valence-electron chi connectivity index (χ2n) is 8.36. The predicted molar refractivity (Wildman–Crippen MR) is 101 cm³/mol. The largest absolute Gasteiger partial charge is 0.348 e. The minimum absolute atomic E-state index is 0.224. The van der Waals surface area contributed by atoms with E-state index >= 15 is 0 Å². The van der Waals surface area contributed by atoms with Gasteiger partial charge in [-0.3, -0.25) is 9.69 Å². The van der Waals surface area contributed by atoms with Gasteiger partial charge in [0.05, 0.1) is 24.1 Å². The molecule has 1 N–H and O–H groups in total. The molecule has 1 aliphatic carbocycles. The maximum atomic E-state index is 13.2. The quantitative estimate of drug-likeness (QED) is 0.897. The van der Waals surface area contributed by atoms with Gasteiger partial charge in [0.1, 0.15) is 5.82 Å². The Morgan fingerprint density at radius 1 is 1.26 bits per heavy atom. The molecule has 1 saturated carbocycles. The molecule has 4 heterocycles. The summed E-state index contributed by atoms with van der Waals surface area (Å²) in [5, 5.41) is 0. The minimum Gasteiger partial charge on any atom is -0.348 e. The highest BCUT2D eigenvalue weighted by molar-refractivity contribution is 5.81. The first-order valence-corrected chi connectivity index (χ1v) is 10.2. The molecule has 7 heteroatoms. The van der Waals surface area contributed by atoms with Crippen LogP contribution in [0.15, 0.2) is 18.7 Å². The first-order chi connectivity index (χ1) is 13.2. The van der Waals surface area contributed by atoms with E-state index < -0.39 is 0 Å². The van der Waals surface area contributed by atoms with Crippen molar-refractivity contribution in [3.05, 3.63) is 35.9 Å². The SMILES string of the molecule is Cn1ccnc1CN1CCC2(CC1)c1nc[nH]c1CCN2C(=O)C1CCC1. The van der Waals surface area contributed by atoms with Crippen molar-refractivity contribution < 1.29 is 4.79 Å². The maximum absolute atomic E-state index is 13.2. The Morgan fingerprint density at radius 2 is 2.07 bits per heavy atom. The van der Waals surface area contributed by atoms with Gasteiger partial charge in [-0.05, 0) is 25.7 Å². The van der Waals surface area contributed by atoms with Crippen LogP contribution >= 0.6 is 0 Å². The minimum atomic E-state index is -0.224. The highest BCUT2D eigenvalue weighted by Gasteiger charge is 2.50. The Bertz CT molecular complexity index is 827. The molecule has 5 rings (SSSR count). The van der Waals surface area contributed by atoms with Crippen LogP contribution in [0.1, 0.15) is 49.3 Å². The molecule has 27 heavy (non-hydrogen) atoms. The summed E-state index contributed by atoms with van der Waals surface area (Å²) in [6.07, 6.45) is 11.8. The molecule has 1 spiro atoms. The van der Waals surface area contributed by atoms with Gasteiger partial charge in [-0.1, -0.05) is 6.42 Å². The van der Waals surface area contributed by atoms with E-state index in [1.54, 1.807) is 0 Å². The molecule has 0 bridgehead atoms. The number of nitrogens with one attached hydrogen (secondary N) is 1. The molecule has 144 valence electrons. The van der Waals surface area contributed by atoms with Crippen molar-refractivity contribution >= 4 is 5.91 Å². The maximum Gasteiger partial charge on any atom is 0.226 e. The van der Waals surface area contributed by atoms with Crippen molar-refractivity contribution in [3.8, 4) is 0 Å². The molecule has 0 unspecified atom stereocenters. The third kappa shape index (κ3) is 2.71. The number of aromatic nitrogens is 4. The van der Waals surface area contributed by atoms with Crippen LogP contribution in [0.5, 0.6) is 0 Å². The number of H-pyrrole nitrogens is 1. The molecule has 7 nitrogen and oxygen atoms in total. The van der Waals surface area contributed by atoms with Crippen molar-refractivity contribution in [3.63, 3.8) is 0 Å². The fourth-order valence-electron chi connectivity index (χ4n) is 5.01. The zero-order chi connectivity index (χ0) is 18.4. The fourth-order valence-corrected chi connectivity index (χ4v) is 5.01. The van der Waals surface area contributed by atoms with Crippen LogP contribution in [0.25, 0.3) is 0 Å². The zero-order valence-corrected chi connectivity index (χ0v) is 16.0. The lowest BCUT2D eigenvalue weighted by atomic mass is 9.76. The predicted octanol–water partition coefficient (Wildman–Crippen LogP) is 1.82. The second-order valence-corrected chi connectivity index (χ2v) is 8.36. The number of amides is 1. The summed E-state index contributed by atoms with van der Waals surface area (Å²) in [5.74, 6) is 1.71. The molecular formula is C20H28N6O. The third-order valence-corrected chi connectivity index (χ3v) is 6.95. The number of piperidine rings is 1.